The second kappa shape index (κ2) is 7.06. The number of hydrogen-bond acceptors (Lipinski definition) is 5. The number of imide groups is 1. The van der Waals surface area contributed by atoms with Gasteiger partial charge in [0.1, 0.15) is 6.04 Å². The van der Waals surface area contributed by atoms with E-state index < -0.39 is 17.9 Å². The first-order valence-electron chi connectivity index (χ1n) is 10.1. The number of carbonyl (C=O) groups excluding carboxylic acids is 3. The van der Waals surface area contributed by atoms with Crippen molar-refractivity contribution in [2.45, 2.75) is 38.4 Å². The van der Waals surface area contributed by atoms with E-state index in [-0.39, 0.29) is 29.7 Å². The van der Waals surface area contributed by atoms with E-state index in [0.717, 1.165) is 11.3 Å². The van der Waals surface area contributed by atoms with E-state index in [1.54, 1.807) is 12.1 Å². The summed E-state index contributed by atoms with van der Waals surface area (Å²) in [6, 6.07) is 7.90. The fourth-order valence-electron chi connectivity index (χ4n) is 5.05. The maximum Gasteiger partial charge on any atom is 0.236 e. The third kappa shape index (κ3) is 2.63. The Morgan fingerprint density at radius 2 is 1.97 bits per heavy atom. The van der Waals surface area contributed by atoms with Crippen LogP contribution in [0.15, 0.2) is 41.8 Å². The minimum absolute atomic E-state index is 0.106. The van der Waals surface area contributed by atoms with Crippen molar-refractivity contribution in [1.29, 1.82) is 0 Å². The molecular weight excluding hydrogens is 420 g/mol. The van der Waals surface area contributed by atoms with Gasteiger partial charge < -0.3 is 4.90 Å². The average molecular weight is 441 g/mol. The highest BCUT2D eigenvalue weighted by atomic mass is 35.5. The average Bonchev–Trinajstić information content (AvgIpc) is 3.43. The fraction of sp³-hybridized carbons (Fsp3) is 0.348. The van der Waals surface area contributed by atoms with Crippen LogP contribution in [0.25, 0.3) is 6.08 Å². The lowest BCUT2D eigenvalue weighted by molar-refractivity contribution is -0.142. The second-order valence-corrected chi connectivity index (χ2v) is 9.49. The van der Waals surface area contributed by atoms with Crippen LogP contribution in [0.4, 0.5) is 5.69 Å². The molecule has 1 aromatic heterocycles. The van der Waals surface area contributed by atoms with Crippen molar-refractivity contribution in [2.75, 3.05) is 4.90 Å². The van der Waals surface area contributed by atoms with Crippen LogP contribution in [0.3, 0.4) is 0 Å². The fourth-order valence-corrected chi connectivity index (χ4v) is 5.93. The van der Waals surface area contributed by atoms with Crippen molar-refractivity contribution in [3.63, 3.8) is 0 Å². The number of nitrogens with zero attached hydrogens (tertiary/aromatic N) is 2. The van der Waals surface area contributed by atoms with Crippen LogP contribution in [-0.4, -0.2) is 40.6 Å². The molecule has 1 aromatic carbocycles. The summed E-state index contributed by atoms with van der Waals surface area (Å²) < 4.78 is 0. The monoisotopic (exact) mass is 440 g/mol. The second-order valence-electron chi connectivity index (χ2n) is 8.10. The number of halogens is 1. The Kier molecular flexibility index (Phi) is 4.60. The van der Waals surface area contributed by atoms with Crippen molar-refractivity contribution in [3.8, 4) is 0 Å². The van der Waals surface area contributed by atoms with Gasteiger partial charge in [0.05, 0.1) is 22.8 Å². The molecule has 3 aliphatic rings. The predicted octanol–water partition coefficient (Wildman–Crippen LogP) is 4.27. The van der Waals surface area contributed by atoms with Gasteiger partial charge in [0.2, 0.25) is 11.8 Å². The van der Waals surface area contributed by atoms with Crippen molar-refractivity contribution >= 4 is 52.3 Å². The minimum atomic E-state index is -0.714. The molecule has 4 heterocycles. The highest BCUT2D eigenvalue weighted by Crippen LogP contribution is 2.50. The molecule has 2 amide bonds. The number of ketones is 1. The predicted molar refractivity (Wildman–Crippen MR) is 118 cm³/mol. The molecule has 154 valence electrons. The van der Waals surface area contributed by atoms with E-state index in [1.165, 1.54) is 16.2 Å². The van der Waals surface area contributed by atoms with Crippen LogP contribution in [0, 0.1) is 11.8 Å². The normalized spacial score (nSPS) is 27.8. The minimum Gasteiger partial charge on any atom is -0.352 e. The third-order valence-corrected chi connectivity index (χ3v) is 7.69. The Labute approximate surface area is 183 Å². The van der Waals surface area contributed by atoms with Crippen LogP contribution < -0.4 is 4.90 Å². The molecule has 0 aliphatic carbocycles. The van der Waals surface area contributed by atoms with E-state index in [1.807, 2.05) is 54.5 Å². The SMILES string of the molecule is CC[C@H](C)N1C(=O)[C@@H]2[C@H](C1=O)[C@H](C(=O)c1cccs1)N1c3ccc(Cl)cc3C=C[C@H]21. The van der Waals surface area contributed by atoms with E-state index in [0.29, 0.717) is 16.3 Å². The Hall–Kier alpha value is -2.44. The maximum absolute atomic E-state index is 13.6. The Morgan fingerprint density at radius 3 is 2.67 bits per heavy atom. The lowest BCUT2D eigenvalue weighted by Crippen LogP contribution is -2.50. The zero-order valence-electron chi connectivity index (χ0n) is 16.6. The molecule has 7 heteroatoms. The molecule has 2 fully saturated rings. The highest BCUT2D eigenvalue weighted by molar-refractivity contribution is 7.12. The van der Waals surface area contributed by atoms with Crippen molar-refractivity contribution in [2.24, 2.45) is 11.8 Å². The van der Waals surface area contributed by atoms with Gasteiger partial charge in [0.15, 0.2) is 5.78 Å². The first-order valence-corrected chi connectivity index (χ1v) is 11.4. The van der Waals surface area contributed by atoms with E-state index in [2.05, 4.69) is 0 Å². The molecule has 3 aliphatic heterocycles. The summed E-state index contributed by atoms with van der Waals surface area (Å²) in [5, 5.41) is 2.46. The topological polar surface area (TPSA) is 57.7 Å². The van der Waals surface area contributed by atoms with Crippen LogP contribution in [0.1, 0.15) is 35.5 Å². The smallest absolute Gasteiger partial charge is 0.236 e. The molecular formula is C23H21ClN2O3S. The van der Waals surface area contributed by atoms with Gasteiger partial charge in [0, 0.05) is 16.8 Å². The summed E-state index contributed by atoms with van der Waals surface area (Å²) >= 11 is 7.54. The first-order chi connectivity index (χ1) is 14.4. The molecule has 5 rings (SSSR count). The number of hydrogen-bond donors (Lipinski definition) is 0. The summed E-state index contributed by atoms with van der Waals surface area (Å²) in [4.78, 5) is 44.5. The molecule has 2 aromatic rings. The van der Waals surface area contributed by atoms with Gasteiger partial charge in [-0.15, -0.1) is 11.3 Å². The third-order valence-electron chi connectivity index (χ3n) is 6.57. The number of Topliss-reactive ketones (excluding diaryl/α,β-unsaturated/α-hetero) is 1. The molecule has 0 N–H and O–H groups in total. The molecule has 30 heavy (non-hydrogen) atoms. The largest absolute Gasteiger partial charge is 0.352 e. The zero-order valence-corrected chi connectivity index (χ0v) is 18.2. The summed E-state index contributed by atoms with van der Waals surface area (Å²) in [7, 11) is 0. The lowest BCUT2D eigenvalue weighted by atomic mass is 9.87. The Morgan fingerprint density at radius 1 is 1.20 bits per heavy atom. The lowest BCUT2D eigenvalue weighted by Gasteiger charge is -2.37. The molecule has 0 spiro atoms. The van der Waals surface area contributed by atoms with Crippen LogP contribution in [0.2, 0.25) is 5.02 Å². The number of benzene rings is 1. The van der Waals surface area contributed by atoms with Gasteiger partial charge >= 0.3 is 0 Å². The zero-order chi connectivity index (χ0) is 21.2. The quantitative estimate of drug-likeness (QED) is 0.526. The maximum atomic E-state index is 13.6. The van der Waals surface area contributed by atoms with Gasteiger partial charge in [0.25, 0.3) is 0 Å². The number of rotatable bonds is 4. The Balaban J connectivity index is 1.66. The van der Waals surface area contributed by atoms with Gasteiger partial charge in [-0.05, 0) is 48.6 Å². The number of anilines is 1. The molecule has 0 radical (unpaired) electrons. The summed E-state index contributed by atoms with van der Waals surface area (Å²) in [5.41, 5.74) is 1.73. The highest BCUT2D eigenvalue weighted by Gasteiger charge is 2.64. The molecule has 5 nitrogen and oxygen atoms in total. The van der Waals surface area contributed by atoms with Gasteiger partial charge in [-0.1, -0.05) is 36.7 Å². The standard InChI is InChI=1S/C23H21ClN2O3S/c1-3-12(2)25-22(28)18-16-8-6-13-11-14(24)7-9-15(13)26(16)20(19(18)23(25)29)21(27)17-5-4-10-30-17/h4-12,16,18-20H,3H2,1-2H3/t12-,16+,18-,19-,20+/m0/s1. The summed E-state index contributed by atoms with van der Waals surface area (Å²) in [6.45, 7) is 3.85. The summed E-state index contributed by atoms with van der Waals surface area (Å²) in [5.74, 6) is -1.74. The number of carbonyl (C=O) groups is 3. The van der Waals surface area contributed by atoms with Crippen LogP contribution in [0.5, 0.6) is 0 Å². The van der Waals surface area contributed by atoms with Crippen LogP contribution >= 0.6 is 22.9 Å². The summed E-state index contributed by atoms with van der Waals surface area (Å²) in [6.07, 6.45) is 4.58. The van der Waals surface area contributed by atoms with Gasteiger partial charge in [-0.3, -0.25) is 19.3 Å². The number of fused-ring (bicyclic) bond motifs is 5. The number of thiophene rings is 1. The molecule has 0 bridgehead atoms. The van der Waals surface area contributed by atoms with E-state index in [4.69, 9.17) is 11.6 Å². The number of amides is 2. The molecule has 2 saturated heterocycles. The van der Waals surface area contributed by atoms with Crippen molar-refractivity contribution in [3.05, 3.63) is 57.3 Å². The van der Waals surface area contributed by atoms with Crippen LogP contribution in [-0.2, 0) is 9.59 Å². The molecule has 5 atom stereocenters. The molecule has 0 saturated carbocycles. The van der Waals surface area contributed by atoms with Crippen molar-refractivity contribution in [1.82, 2.24) is 4.90 Å². The van der Waals surface area contributed by atoms with E-state index in [9.17, 15) is 14.4 Å². The first kappa shape index (κ1) is 19.5. The molecule has 0 unspecified atom stereocenters. The Bertz CT molecular complexity index is 1080. The number of likely N-dealkylation sites (tertiary alicyclic amines) is 1. The van der Waals surface area contributed by atoms with Crippen molar-refractivity contribution < 1.29 is 14.4 Å². The van der Waals surface area contributed by atoms with E-state index >= 15 is 0 Å². The van der Waals surface area contributed by atoms with Gasteiger partial charge in [-0.25, -0.2) is 0 Å². The van der Waals surface area contributed by atoms with Gasteiger partial charge in [-0.2, -0.15) is 0 Å².